The number of piperidine rings is 1. The van der Waals surface area contributed by atoms with Crippen LogP contribution in [-0.2, 0) is 11.8 Å². The van der Waals surface area contributed by atoms with Crippen LogP contribution in [0, 0.1) is 10.1 Å². The molecule has 9 nitrogen and oxygen atoms in total. The van der Waals surface area contributed by atoms with Gasteiger partial charge in [-0.3, -0.25) is 19.7 Å². The molecule has 0 spiro atoms. The highest BCUT2D eigenvalue weighted by atomic mass is 16.6. The second-order valence-electron chi connectivity index (χ2n) is 6.61. The molecular weight excluding hydrogens is 350 g/mol. The zero-order valence-corrected chi connectivity index (χ0v) is 15.2. The molecule has 142 valence electrons. The molecule has 0 aliphatic carbocycles. The Kier molecular flexibility index (Phi) is 5.20. The van der Waals surface area contributed by atoms with Gasteiger partial charge in [0.2, 0.25) is 11.7 Å². The number of hydrogen-bond donors (Lipinski definition) is 1. The first-order valence-electron chi connectivity index (χ1n) is 8.69. The Balaban J connectivity index is 1.83. The Hall–Kier alpha value is -3.23. The second kappa shape index (κ2) is 7.56. The van der Waals surface area contributed by atoms with Gasteiger partial charge in [-0.2, -0.15) is 0 Å². The number of benzene rings is 1. The van der Waals surface area contributed by atoms with Crippen molar-refractivity contribution < 1.29 is 14.5 Å². The summed E-state index contributed by atoms with van der Waals surface area (Å²) in [6.07, 6.45) is 4.58. The Morgan fingerprint density at radius 3 is 2.56 bits per heavy atom. The van der Waals surface area contributed by atoms with Crippen LogP contribution in [0.1, 0.15) is 35.9 Å². The largest absolute Gasteiger partial charge is 0.366 e. The lowest BCUT2D eigenvalue weighted by Gasteiger charge is -2.33. The summed E-state index contributed by atoms with van der Waals surface area (Å²) in [5.74, 6) is -0.203. The van der Waals surface area contributed by atoms with Crippen molar-refractivity contribution in [2.24, 2.45) is 7.05 Å². The maximum atomic E-state index is 12.6. The van der Waals surface area contributed by atoms with E-state index in [0.717, 1.165) is 0 Å². The van der Waals surface area contributed by atoms with E-state index in [2.05, 4.69) is 10.3 Å². The molecule has 1 aromatic heterocycles. The molecular formula is C18H21N5O4. The van der Waals surface area contributed by atoms with E-state index in [1.165, 1.54) is 19.2 Å². The van der Waals surface area contributed by atoms with Crippen LogP contribution in [0.2, 0.25) is 0 Å². The summed E-state index contributed by atoms with van der Waals surface area (Å²) in [5, 5.41) is 14.5. The number of hydrogen-bond acceptors (Lipinski definition) is 6. The number of nitrogens with one attached hydrogen (secondary N) is 1. The Morgan fingerprint density at radius 1 is 1.30 bits per heavy atom. The van der Waals surface area contributed by atoms with Gasteiger partial charge in [-0.15, -0.1) is 0 Å². The zero-order chi connectivity index (χ0) is 19.6. The van der Waals surface area contributed by atoms with Gasteiger partial charge >= 0.3 is 0 Å². The average Bonchev–Trinajstić information content (AvgIpc) is 3.06. The number of ketones is 1. The van der Waals surface area contributed by atoms with Gasteiger partial charge in [-0.05, 0) is 25.0 Å². The number of anilines is 1. The van der Waals surface area contributed by atoms with Gasteiger partial charge in [0.25, 0.3) is 5.69 Å². The minimum absolute atomic E-state index is 0.0726. The predicted molar refractivity (Wildman–Crippen MR) is 98.8 cm³/mol. The lowest BCUT2D eigenvalue weighted by Crippen LogP contribution is -2.44. The molecule has 3 rings (SSSR count). The fourth-order valence-corrected chi connectivity index (χ4v) is 3.34. The fourth-order valence-electron chi connectivity index (χ4n) is 3.34. The second-order valence-corrected chi connectivity index (χ2v) is 6.61. The first-order valence-corrected chi connectivity index (χ1v) is 8.69. The van der Waals surface area contributed by atoms with E-state index in [1.807, 2.05) is 4.90 Å². The van der Waals surface area contributed by atoms with E-state index in [0.29, 0.717) is 31.6 Å². The summed E-state index contributed by atoms with van der Waals surface area (Å²) in [4.78, 5) is 40.8. The van der Waals surface area contributed by atoms with Gasteiger partial charge in [0, 0.05) is 57.1 Å². The molecule has 2 heterocycles. The Morgan fingerprint density at radius 2 is 2.00 bits per heavy atom. The van der Waals surface area contributed by atoms with Crippen molar-refractivity contribution in [1.29, 1.82) is 0 Å². The van der Waals surface area contributed by atoms with Crippen LogP contribution in [0.25, 0.3) is 0 Å². The highest BCUT2D eigenvalue weighted by Crippen LogP contribution is 2.32. The predicted octanol–water partition coefficient (Wildman–Crippen LogP) is 1.66. The molecule has 1 saturated heterocycles. The van der Waals surface area contributed by atoms with E-state index < -0.39 is 4.92 Å². The molecule has 9 heteroatoms. The molecule has 27 heavy (non-hydrogen) atoms. The molecule has 1 amide bonds. The summed E-state index contributed by atoms with van der Waals surface area (Å²) in [6.45, 7) is 2.67. The summed E-state index contributed by atoms with van der Waals surface area (Å²) < 4.78 is 1.58. The molecule has 2 aromatic rings. The summed E-state index contributed by atoms with van der Waals surface area (Å²) in [6, 6.07) is 4.61. The number of carbonyl (C=O) groups is 2. The number of carbonyl (C=O) groups excluding carboxylic acids is 2. The Bertz CT molecular complexity index is 884. The lowest BCUT2D eigenvalue weighted by molar-refractivity contribution is -0.384. The van der Waals surface area contributed by atoms with Crippen molar-refractivity contribution in [3.63, 3.8) is 0 Å². The van der Waals surface area contributed by atoms with Crippen molar-refractivity contribution in [3.8, 4) is 0 Å². The van der Waals surface area contributed by atoms with Crippen molar-refractivity contribution in [1.82, 2.24) is 14.9 Å². The smallest absolute Gasteiger partial charge is 0.293 e. The maximum Gasteiger partial charge on any atom is 0.293 e. The van der Waals surface area contributed by atoms with E-state index in [1.54, 1.807) is 29.9 Å². The Labute approximate surface area is 156 Å². The highest BCUT2D eigenvalue weighted by molar-refractivity contribution is 6.07. The third-order valence-electron chi connectivity index (χ3n) is 4.70. The van der Waals surface area contributed by atoms with Gasteiger partial charge < -0.3 is 14.8 Å². The molecule has 1 aromatic carbocycles. The molecule has 0 saturated carbocycles. The van der Waals surface area contributed by atoms with Gasteiger partial charge in [0.15, 0.2) is 5.82 Å². The third kappa shape index (κ3) is 3.97. The monoisotopic (exact) mass is 371 g/mol. The molecule has 0 unspecified atom stereocenters. The quantitative estimate of drug-likeness (QED) is 0.486. The third-order valence-corrected chi connectivity index (χ3v) is 4.70. The van der Waals surface area contributed by atoms with E-state index in [-0.39, 0.29) is 34.8 Å². The minimum atomic E-state index is -0.468. The molecule has 1 N–H and O–H groups in total. The van der Waals surface area contributed by atoms with E-state index in [4.69, 9.17) is 0 Å². The van der Waals surface area contributed by atoms with E-state index in [9.17, 15) is 19.7 Å². The number of rotatable bonds is 5. The minimum Gasteiger partial charge on any atom is -0.366 e. The van der Waals surface area contributed by atoms with Gasteiger partial charge in [0.05, 0.1) is 4.92 Å². The lowest BCUT2D eigenvalue weighted by atomic mass is 10.0. The topological polar surface area (TPSA) is 110 Å². The van der Waals surface area contributed by atoms with Crippen LogP contribution in [0.15, 0.2) is 30.6 Å². The van der Waals surface area contributed by atoms with Crippen LogP contribution >= 0.6 is 0 Å². The SMILES string of the molecule is CC(=O)NC1CCN(c2ccc(C(=O)c3nccn3C)cc2[N+](=O)[O-])CC1. The molecule has 0 atom stereocenters. The van der Waals surface area contributed by atoms with Crippen LogP contribution in [0.4, 0.5) is 11.4 Å². The number of imidazole rings is 1. The molecule has 0 radical (unpaired) electrons. The average molecular weight is 371 g/mol. The zero-order valence-electron chi connectivity index (χ0n) is 15.2. The summed E-state index contributed by atoms with van der Waals surface area (Å²) in [7, 11) is 1.70. The van der Waals surface area contributed by atoms with E-state index >= 15 is 0 Å². The van der Waals surface area contributed by atoms with Gasteiger partial charge in [-0.25, -0.2) is 4.98 Å². The molecule has 1 aliphatic rings. The number of aromatic nitrogens is 2. The number of amides is 1. The number of nitro benzene ring substituents is 1. The fraction of sp³-hybridized carbons (Fsp3) is 0.389. The van der Waals surface area contributed by atoms with Crippen molar-refractivity contribution in [3.05, 3.63) is 52.1 Å². The van der Waals surface area contributed by atoms with Crippen molar-refractivity contribution in [2.75, 3.05) is 18.0 Å². The number of nitrogens with zero attached hydrogens (tertiary/aromatic N) is 4. The maximum absolute atomic E-state index is 12.6. The van der Waals surface area contributed by atoms with Crippen LogP contribution in [0.5, 0.6) is 0 Å². The van der Waals surface area contributed by atoms with Crippen LogP contribution in [-0.4, -0.2) is 45.3 Å². The molecule has 1 aliphatic heterocycles. The van der Waals surface area contributed by atoms with Gasteiger partial charge in [0.1, 0.15) is 5.69 Å². The standard InChI is InChI=1S/C18H21N5O4/c1-12(24)20-14-5-8-22(9-6-14)15-4-3-13(11-16(15)23(26)27)17(25)18-19-7-10-21(18)2/h3-4,7,10-11,14H,5-6,8-9H2,1-2H3,(H,20,24). The van der Waals surface area contributed by atoms with Crippen LogP contribution in [0.3, 0.4) is 0 Å². The molecule has 1 fully saturated rings. The van der Waals surface area contributed by atoms with Crippen molar-refractivity contribution in [2.45, 2.75) is 25.8 Å². The van der Waals surface area contributed by atoms with Gasteiger partial charge in [-0.1, -0.05) is 0 Å². The highest BCUT2D eigenvalue weighted by Gasteiger charge is 2.27. The van der Waals surface area contributed by atoms with Crippen LogP contribution < -0.4 is 10.2 Å². The first-order chi connectivity index (χ1) is 12.9. The summed E-state index contributed by atoms with van der Waals surface area (Å²) >= 11 is 0. The van der Waals surface area contributed by atoms with Crippen molar-refractivity contribution >= 4 is 23.1 Å². The normalized spacial score (nSPS) is 14.8. The number of nitro groups is 1. The molecule has 0 bridgehead atoms. The first kappa shape index (κ1) is 18.6. The summed E-state index contributed by atoms with van der Waals surface area (Å²) in [5.41, 5.74) is 0.610. The number of aryl methyl sites for hydroxylation is 1.